The van der Waals surface area contributed by atoms with Crippen molar-refractivity contribution in [3.63, 3.8) is 0 Å². The van der Waals surface area contributed by atoms with Gasteiger partial charge < -0.3 is 9.47 Å². The van der Waals surface area contributed by atoms with Crippen LogP contribution < -0.4 is 4.74 Å². The molecular formula is C24H21ClF3NO4S. The summed E-state index contributed by atoms with van der Waals surface area (Å²) in [7, 11) is -4.36. The molecule has 0 saturated carbocycles. The molecule has 1 saturated heterocycles. The third-order valence-electron chi connectivity index (χ3n) is 5.36. The molecule has 34 heavy (non-hydrogen) atoms. The Morgan fingerprint density at radius 2 is 1.68 bits per heavy atom. The van der Waals surface area contributed by atoms with Crippen molar-refractivity contribution < 1.29 is 31.1 Å². The maximum absolute atomic E-state index is 14.0. The van der Waals surface area contributed by atoms with Crippen LogP contribution in [0.15, 0.2) is 71.6 Å². The van der Waals surface area contributed by atoms with Gasteiger partial charge in [-0.25, -0.2) is 8.42 Å². The van der Waals surface area contributed by atoms with Gasteiger partial charge in [-0.2, -0.15) is 17.5 Å². The van der Waals surface area contributed by atoms with E-state index in [2.05, 4.69) is 0 Å². The highest BCUT2D eigenvalue weighted by molar-refractivity contribution is 7.89. The van der Waals surface area contributed by atoms with Crippen LogP contribution >= 0.6 is 11.6 Å². The molecule has 1 heterocycles. The second-order valence-electron chi connectivity index (χ2n) is 7.64. The highest BCUT2D eigenvalue weighted by Crippen LogP contribution is 2.40. The Morgan fingerprint density at radius 1 is 0.971 bits per heavy atom. The Bertz CT molecular complexity index is 1260. The molecule has 10 heteroatoms. The minimum atomic E-state index is -4.89. The third kappa shape index (κ3) is 5.38. The SMILES string of the molecule is O=S(=O)(c1ccc(-c2cc(Cl)ccc2OCc2ccccc2)cc1C(F)(F)F)N1CCOCC1. The van der Waals surface area contributed by atoms with Gasteiger partial charge in [0.2, 0.25) is 10.0 Å². The number of ether oxygens (including phenoxy) is 2. The van der Waals surface area contributed by atoms with Crippen molar-refractivity contribution in [1.82, 2.24) is 4.31 Å². The summed E-state index contributed by atoms with van der Waals surface area (Å²) < 4.78 is 80.1. The summed E-state index contributed by atoms with van der Waals surface area (Å²) >= 11 is 6.13. The lowest BCUT2D eigenvalue weighted by molar-refractivity contribution is -0.139. The van der Waals surface area contributed by atoms with Gasteiger partial charge in [-0.1, -0.05) is 48.0 Å². The highest BCUT2D eigenvalue weighted by Gasteiger charge is 2.40. The molecule has 0 aliphatic carbocycles. The summed E-state index contributed by atoms with van der Waals surface area (Å²) in [6.07, 6.45) is -4.89. The van der Waals surface area contributed by atoms with Gasteiger partial charge in [-0.15, -0.1) is 0 Å². The van der Waals surface area contributed by atoms with Crippen LogP contribution in [0.5, 0.6) is 5.75 Å². The molecular weight excluding hydrogens is 491 g/mol. The molecule has 0 N–H and O–H groups in total. The number of hydrogen-bond donors (Lipinski definition) is 0. The predicted molar refractivity (Wildman–Crippen MR) is 122 cm³/mol. The number of rotatable bonds is 6. The number of halogens is 4. The normalized spacial score (nSPS) is 15.3. The number of nitrogens with zero attached hydrogens (tertiary/aromatic N) is 1. The van der Waals surface area contributed by atoms with E-state index in [0.717, 1.165) is 22.0 Å². The lowest BCUT2D eigenvalue weighted by atomic mass is 10.0. The smallest absolute Gasteiger partial charge is 0.417 e. The number of hydrogen-bond acceptors (Lipinski definition) is 4. The van der Waals surface area contributed by atoms with E-state index in [9.17, 15) is 21.6 Å². The van der Waals surface area contributed by atoms with Crippen molar-refractivity contribution in [3.8, 4) is 16.9 Å². The summed E-state index contributed by atoms with van der Waals surface area (Å²) in [6.45, 7) is 0.442. The Morgan fingerprint density at radius 3 is 2.35 bits per heavy atom. The van der Waals surface area contributed by atoms with E-state index in [1.54, 1.807) is 12.1 Å². The van der Waals surface area contributed by atoms with Gasteiger partial charge in [-0.05, 0) is 41.5 Å². The standard InChI is InChI=1S/C24H21ClF3NO4S/c25-19-7-8-22(33-16-17-4-2-1-3-5-17)20(15-19)18-6-9-23(21(14-18)24(26,27)28)34(30,31)29-10-12-32-13-11-29/h1-9,14-15H,10-13,16H2. The van der Waals surface area contributed by atoms with E-state index in [1.165, 1.54) is 12.1 Å². The summed E-state index contributed by atoms with van der Waals surface area (Å²) in [5.41, 5.74) is 0.0971. The lowest BCUT2D eigenvalue weighted by Gasteiger charge is -2.27. The minimum Gasteiger partial charge on any atom is -0.488 e. The van der Waals surface area contributed by atoms with Gasteiger partial charge in [0, 0.05) is 23.7 Å². The lowest BCUT2D eigenvalue weighted by Crippen LogP contribution is -2.41. The van der Waals surface area contributed by atoms with E-state index < -0.39 is 26.7 Å². The Kier molecular flexibility index (Phi) is 7.18. The molecule has 0 radical (unpaired) electrons. The van der Waals surface area contributed by atoms with Crippen LogP contribution in [-0.2, 0) is 27.5 Å². The van der Waals surface area contributed by atoms with Gasteiger partial charge in [-0.3, -0.25) is 0 Å². The predicted octanol–water partition coefficient (Wildman–Crippen LogP) is 5.63. The van der Waals surface area contributed by atoms with Gasteiger partial charge in [0.05, 0.1) is 23.7 Å². The third-order valence-corrected chi connectivity index (χ3v) is 7.55. The first-order valence-electron chi connectivity index (χ1n) is 10.4. The first-order chi connectivity index (χ1) is 16.2. The number of sulfonamides is 1. The van der Waals surface area contributed by atoms with Crippen LogP contribution in [0.3, 0.4) is 0 Å². The van der Waals surface area contributed by atoms with Crippen LogP contribution in [0, 0.1) is 0 Å². The summed E-state index contributed by atoms with van der Waals surface area (Å²) in [4.78, 5) is -0.792. The van der Waals surface area contributed by atoms with E-state index in [-0.39, 0.29) is 38.5 Å². The quantitative estimate of drug-likeness (QED) is 0.431. The van der Waals surface area contributed by atoms with Crippen molar-refractivity contribution in [3.05, 3.63) is 82.9 Å². The molecule has 4 rings (SSSR count). The maximum atomic E-state index is 14.0. The molecule has 0 spiro atoms. The number of morpholine rings is 1. The zero-order valence-electron chi connectivity index (χ0n) is 17.9. The fourth-order valence-corrected chi connectivity index (χ4v) is 5.43. The molecule has 1 aliphatic heterocycles. The second-order valence-corrected chi connectivity index (χ2v) is 9.98. The van der Waals surface area contributed by atoms with Crippen molar-refractivity contribution in [1.29, 1.82) is 0 Å². The van der Waals surface area contributed by atoms with Crippen LogP contribution in [0.2, 0.25) is 5.02 Å². The average Bonchev–Trinajstić information content (AvgIpc) is 2.83. The summed E-state index contributed by atoms with van der Waals surface area (Å²) in [5.74, 6) is 0.324. The molecule has 5 nitrogen and oxygen atoms in total. The van der Waals surface area contributed by atoms with Crippen molar-refractivity contribution in [2.45, 2.75) is 17.7 Å². The molecule has 0 unspecified atom stereocenters. The van der Waals surface area contributed by atoms with Crippen molar-refractivity contribution in [2.24, 2.45) is 0 Å². The van der Waals surface area contributed by atoms with Crippen molar-refractivity contribution in [2.75, 3.05) is 26.3 Å². The fourth-order valence-electron chi connectivity index (χ4n) is 3.66. The highest BCUT2D eigenvalue weighted by atomic mass is 35.5. The molecule has 0 amide bonds. The fraction of sp³-hybridized carbons (Fsp3) is 0.250. The zero-order valence-corrected chi connectivity index (χ0v) is 19.5. The molecule has 3 aromatic rings. The van der Waals surface area contributed by atoms with E-state index in [0.29, 0.717) is 16.3 Å². The van der Waals surface area contributed by atoms with Gasteiger partial charge in [0.15, 0.2) is 0 Å². The topological polar surface area (TPSA) is 55.8 Å². The molecule has 0 atom stereocenters. The molecule has 180 valence electrons. The van der Waals surface area contributed by atoms with Crippen LogP contribution in [0.4, 0.5) is 13.2 Å². The number of alkyl halides is 3. The van der Waals surface area contributed by atoms with Gasteiger partial charge >= 0.3 is 6.18 Å². The molecule has 0 aromatic heterocycles. The van der Waals surface area contributed by atoms with E-state index in [4.69, 9.17) is 21.1 Å². The zero-order chi connectivity index (χ0) is 24.3. The summed E-state index contributed by atoms with van der Waals surface area (Å²) in [5, 5.41) is 0.306. The van der Waals surface area contributed by atoms with E-state index >= 15 is 0 Å². The molecule has 0 bridgehead atoms. The van der Waals surface area contributed by atoms with E-state index in [1.807, 2.05) is 30.3 Å². The largest absolute Gasteiger partial charge is 0.488 e. The molecule has 3 aromatic carbocycles. The number of benzene rings is 3. The molecule has 1 aliphatic rings. The molecule has 1 fully saturated rings. The van der Waals surface area contributed by atoms with Crippen molar-refractivity contribution >= 4 is 21.6 Å². The van der Waals surface area contributed by atoms with Crippen LogP contribution in [0.1, 0.15) is 11.1 Å². The monoisotopic (exact) mass is 511 g/mol. The first-order valence-corrected chi connectivity index (χ1v) is 12.2. The second kappa shape index (κ2) is 9.95. The Hall–Kier alpha value is -2.59. The maximum Gasteiger partial charge on any atom is 0.417 e. The first kappa shape index (κ1) is 24.5. The Balaban J connectivity index is 1.75. The Labute approximate surface area is 200 Å². The summed E-state index contributed by atoms with van der Waals surface area (Å²) in [6, 6.07) is 17.1. The van der Waals surface area contributed by atoms with Gasteiger partial charge in [0.1, 0.15) is 12.4 Å². The van der Waals surface area contributed by atoms with Gasteiger partial charge in [0.25, 0.3) is 0 Å². The van der Waals surface area contributed by atoms with Crippen LogP contribution in [-0.4, -0.2) is 39.0 Å². The minimum absolute atomic E-state index is 0.00680. The average molecular weight is 512 g/mol. The van der Waals surface area contributed by atoms with Crippen LogP contribution in [0.25, 0.3) is 11.1 Å².